The van der Waals surface area contributed by atoms with E-state index in [9.17, 15) is 13.2 Å². The van der Waals surface area contributed by atoms with Gasteiger partial charge in [-0.1, -0.05) is 48.5 Å². The number of likely N-dealkylation sites (N-methyl/N-ethyl adjacent to an activating group) is 1. The third kappa shape index (κ3) is 4.97. The maximum absolute atomic E-state index is 12.9. The van der Waals surface area contributed by atoms with Crippen LogP contribution in [-0.2, 0) is 21.2 Å². The number of nitrogens with one attached hydrogen (secondary N) is 1. The second-order valence-corrected chi connectivity index (χ2v) is 9.65. The quantitative estimate of drug-likeness (QED) is 0.673. The highest BCUT2D eigenvalue weighted by Crippen LogP contribution is 2.31. The average molecular weight is 416 g/mol. The first kappa shape index (κ1) is 21.3. The van der Waals surface area contributed by atoms with Crippen molar-refractivity contribution in [2.24, 2.45) is 0 Å². The smallest absolute Gasteiger partial charge is 0.242 e. The molecule has 2 aromatic rings. The van der Waals surface area contributed by atoms with Crippen LogP contribution >= 0.6 is 0 Å². The first-order chi connectivity index (χ1) is 13.8. The molecule has 156 valence electrons. The minimum absolute atomic E-state index is 0.306. The van der Waals surface area contributed by atoms with Gasteiger partial charge in [-0.25, -0.2) is 8.42 Å². The van der Waals surface area contributed by atoms with Gasteiger partial charge < -0.3 is 10.2 Å². The molecule has 1 N–H and O–H groups in total. The molecule has 0 bridgehead atoms. The van der Waals surface area contributed by atoms with Gasteiger partial charge in [0.2, 0.25) is 15.9 Å². The summed E-state index contributed by atoms with van der Waals surface area (Å²) < 4.78 is 25.2. The zero-order valence-corrected chi connectivity index (χ0v) is 18.0. The second kappa shape index (κ2) is 8.97. The van der Waals surface area contributed by atoms with Crippen LogP contribution in [0.1, 0.15) is 30.5 Å². The highest BCUT2D eigenvalue weighted by Gasteiger charge is 2.30. The van der Waals surface area contributed by atoms with Gasteiger partial charge in [-0.3, -0.25) is 4.79 Å². The summed E-state index contributed by atoms with van der Waals surface area (Å²) in [6.07, 6.45) is 2.94. The summed E-state index contributed by atoms with van der Waals surface area (Å²) in [5.41, 5.74) is 3.29. The van der Waals surface area contributed by atoms with E-state index >= 15 is 0 Å². The Hall–Kier alpha value is -2.38. The van der Waals surface area contributed by atoms with Crippen LogP contribution in [0.2, 0.25) is 0 Å². The first-order valence-electron chi connectivity index (χ1n) is 9.89. The number of hydrogen-bond acceptors (Lipinski definition) is 4. The fraction of sp³-hybridized carbons (Fsp3) is 0.409. The fourth-order valence-corrected chi connectivity index (χ4v) is 4.48. The topological polar surface area (TPSA) is 69.7 Å². The van der Waals surface area contributed by atoms with Crippen molar-refractivity contribution in [2.45, 2.75) is 31.8 Å². The third-order valence-electron chi connectivity index (χ3n) is 5.47. The molecule has 0 aliphatic carbocycles. The molecule has 29 heavy (non-hydrogen) atoms. The molecular weight excluding hydrogens is 386 g/mol. The van der Waals surface area contributed by atoms with Crippen molar-refractivity contribution in [2.75, 3.05) is 31.3 Å². The Labute approximate surface area is 173 Å². The van der Waals surface area contributed by atoms with Crippen molar-refractivity contribution in [1.29, 1.82) is 0 Å². The number of benzene rings is 2. The van der Waals surface area contributed by atoms with Gasteiger partial charge in [-0.2, -0.15) is 4.31 Å². The lowest BCUT2D eigenvalue weighted by Gasteiger charge is -2.27. The van der Waals surface area contributed by atoms with Crippen molar-refractivity contribution >= 4 is 21.6 Å². The molecule has 1 heterocycles. The number of sulfonamides is 1. The predicted molar refractivity (Wildman–Crippen MR) is 116 cm³/mol. The summed E-state index contributed by atoms with van der Waals surface area (Å²) in [7, 11) is -2.08. The van der Waals surface area contributed by atoms with E-state index in [1.807, 2.05) is 6.07 Å². The molecule has 0 aromatic heterocycles. The number of fused-ring (bicyclic) bond motifs is 1. The first-order valence-corrected chi connectivity index (χ1v) is 11.7. The van der Waals surface area contributed by atoms with Gasteiger partial charge in [-0.15, -0.1) is 0 Å². The largest absolute Gasteiger partial charge is 0.368 e. The number of rotatable bonds is 8. The summed E-state index contributed by atoms with van der Waals surface area (Å²) in [6.45, 7) is 3.55. The van der Waals surface area contributed by atoms with Crippen LogP contribution in [0.5, 0.6) is 0 Å². The van der Waals surface area contributed by atoms with Crippen LogP contribution in [0, 0.1) is 0 Å². The van der Waals surface area contributed by atoms with Crippen LogP contribution in [0.3, 0.4) is 0 Å². The predicted octanol–water partition coefficient (Wildman–Crippen LogP) is 2.58. The molecule has 0 unspecified atom stereocenters. The Bertz CT molecular complexity index is 947. The van der Waals surface area contributed by atoms with Gasteiger partial charge in [0.05, 0.1) is 6.26 Å². The molecule has 0 radical (unpaired) electrons. The zero-order valence-electron chi connectivity index (χ0n) is 17.2. The molecule has 6 nitrogen and oxygen atoms in total. The van der Waals surface area contributed by atoms with Gasteiger partial charge in [-0.05, 0) is 37.0 Å². The summed E-state index contributed by atoms with van der Waals surface area (Å²) in [5.74, 6) is -0.306. The number of hydrogen-bond donors (Lipinski definition) is 1. The summed E-state index contributed by atoms with van der Waals surface area (Å²) in [4.78, 5) is 15.2. The zero-order chi connectivity index (χ0) is 21.0. The third-order valence-corrected chi connectivity index (χ3v) is 6.73. The van der Waals surface area contributed by atoms with Gasteiger partial charge >= 0.3 is 0 Å². The maximum atomic E-state index is 12.9. The number of carbonyl (C=O) groups excluding carboxylic acids is 1. The number of nitrogens with zero attached hydrogens (tertiary/aromatic N) is 2. The minimum Gasteiger partial charge on any atom is -0.368 e. The van der Waals surface area contributed by atoms with Gasteiger partial charge in [0.15, 0.2) is 0 Å². The van der Waals surface area contributed by atoms with E-state index in [2.05, 4.69) is 41.4 Å². The average Bonchev–Trinajstić information content (AvgIpc) is 3.00. The minimum atomic E-state index is -3.52. The van der Waals surface area contributed by atoms with Crippen molar-refractivity contribution in [3.8, 4) is 0 Å². The van der Waals surface area contributed by atoms with Crippen LogP contribution in [0.4, 0.5) is 5.69 Å². The molecule has 0 fully saturated rings. The van der Waals surface area contributed by atoms with E-state index in [1.54, 1.807) is 24.3 Å². The Morgan fingerprint density at radius 3 is 2.52 bits per heavy atom. The molecule has 2 aromatic carbocycles. The summed E-state index contributed by atoms with van der Waals surface area (Å²) in [6, 6.07) is 17.0. The van der Waals surface area contributed by atoms with Crippen molar-refractivity contribution in [3.05, 3.63) is 65.7 Å². The number of amides is 1. The standard InChI is InChI=1S/C22H29N3O3S/c1-17-16-19-12-7-8-13-20(19)25(17)15-9-14-23-22(26)21(24(2)29(3,27)28)18-10-5-4-6-11-18/h4-8,10-13,17,21H,9,14-16H2,1-3H3,(H,23,26)/t17-,21+/m1/s1. The summed E-state index contributed by atoms with van der Waals surface area (Å²) >= 11 is 0. The lowest BCUT2D eigenvalue weighted by atomic mass is 10.1. The van der Waals surface area contributed by atoms with E-state index in [4.69, 9.17) is 0 Å². The molecule has 0 saturated heterocycles. The number of carbonyl (C=O) groups is 1. The molecule has 0 spiro atoms. The van der Waals surface area contributed by atoms with E-state index in [1.165, 1.54) is 18.3 Å². The normalized spacial score (nSPS) is 17.2. The SMILES string of the molecule is C[C@@H]1Cc2ccccc2N1CCCNC(=O)[C@H](c1ccccc1)N(C)S(C)(=O)=O. The van der Waals surface area contributed by atoms with Crippen LogP contribution in [0.15, 0.2) is 54.6 Å². The van der Waals surface area contributed by atoms with Crippen molar-refractivity contribution in [1.82, 2.24) is 9.62 Å². The van der Waals surface area contributed by atoms with Crippen LogP contribution in [-0.4, -0.2) is 51.1 Å². The lowest BCUT2D eigenvalue weighted by molar-refractivity contribution is -0.124. The van der Waals surface area contributed by atoms with Gasteiger partial charge in [0.25, 0.3) is 0 Å². The number of anilines is 1. The highest BCUT2D eigenvalue weighted by atomic mass is 32.2. The van der Waals surface area contributed by atoms with Crippen LogP contribution in [0.25, 0.3) is 0 Å². The molecule has 0 saturated carbocycles. The molecule has 2 atom stereocenters. The lowest BCUT2D eigenvalue weighted by Crippen LogP contribution is -2.42. The van der Waals surface area contributed by atoms with Gasteiger partial charge in [0.1, 0.15) is 6.04 Å². The Balaban J connectivity index is 1.61. The van der Waals surface area contributed by atoms with E-state index < -0.39 is 16.1 Å². The molecule has 1 aliphatic heterocycles. The van der Waals surface area contributed by atoms with Crippen molar-refractivity contribution in [3.63, 3.8) is 0 Å². The molecular formula is C22H29N3O3S. The van der Waals surface area contributed by atoms with E-state index in [-0.39, 0.29) is 5.91 Å². The van der Waals surface area contributed by atoms with Crippen molar-refractivity contribution < 1.29 is 13.2 Å². The van der Waals surface area contributed by atoms with Gasteiger partial charge in [0, 0.05) is 31.9 Å². The van der Waals surface area contributed by atoms with E-state index in [0.717, 1.165) is 29.9 Å². The fourth-order valence-electron chi connectivity index (χ4n) is 3.88. The Morgan fingerprint density at radius 1 is 1.17 bits per heavy atom. The molecule has 3 rings (SSSR count). The molecule has 1 amide bonds. The second-order valence-electron chi connectivity index (χ2n) is 7.61. The molecule has 1 aliphatic rings. The van der Waals surface area contributed by atoms with Crippen LogP contribution < -0.4 is 10.2 Å². The monoisotopic (exact) mass is 415 g/mol. The maximum Gasteiger partial charge on any atom is 0.242 e. The Morgan fingerprint density at radius 2 is 1.83 bits per heavy atom. The molecule has 7 heteroatoms. The Kier molecular flexibility index (Phi) is 6.59. The highest BCUT2D eigenvalue weighted by molar-refractivity contribution is 7.88. The summed E-state index contributed by atoms with van der Waals surface area (Å²) in [5, 5.41) is 2.93. The number of para-hydroxylation sites is 1. The van der Waals surface area contributed by atoms with E-state index in [0.29, 0.717) is 18.2 Å².